The molecule has 46 heavy (non-hydrogen) atoms. The van der Waals surface area contributed by atoms with Gasteiger partial charge in [-0.3, -0.25) is 0 Å². The fourth-order valence-electron chi connectivity index (χ4n) is 5.73. The van der Waals surface area contributed by atoms with Gasteiger partial charge in [0.25, 0.3) is 0 Å². The summed E-state index contributed by atoms with van der Waals surface area (Å²) in [6.45, 7) is 28.2. The van der Waals surface area contributed by atoms with Crippen LogP contribution in [-0.2, 0) is 21.7 Å². The molecule has 0 nitrogen and oxygen atoms in total. The Hall–Kier alpha value is -1.80. The second kappa shape index (κ2) is 10.9. The second-order valence-corrected chi connectivity index (χ2v) is 23.2. The van der Waals surface area contributed by atoms with E-state index in [1.165, 1.54) is 78.7 Å². The van der Waals surface area contributed by atoms with Crippen molar-refractivity contribution in [1.29, 1.82) is 0 Å². The van der Waals surface area contributed by atoms with Gasteiger partial charge >= 0.3 is 0 Å². The molecule has 0 fully saturated rings. The van der Waals surface area contributed by atoms with Gasteiger partial charge in [0.2, 0.25) is 0 Å². The average molecular weight is 717 g/mol. The maximum absolute atomic E-state index is 2.50. The second-order valence-electron chi connectivity index (χ2n) is 16.8. The Morgan fingerprint density at radius 3 is 0.543 bits per heavy atom. The van der Waals surface area contributed by atoms with Gasteiger partial charge in [-0.25, -0.2) is 0 Å². The summed E-state index contributed by atoms with van der Waals surface area (Å²) in [6.07, 6.45) is 0. The molecule has 4 aromatic carbocycles. The van der Waals surface area contributed by atoms with Crippen LogP contribution in [0.2, 0.25) is 0 Å². The van der Waals surface area contributed by atoms with Gasteiger partial charge in [-0.15, -0.1) is 68.0 Å². The zero-order valence-electron chi connectivity index (χ0n) is 29.1. The van der Waals surface area contributed by atoms with Crippen LogP contribution in [0.1, 0.15) is 105 Å². The van der Waals surface area contributed by atoms with Gasteiger partial charge in [-0.2, -0.15) is 0 Å². The molecule has 4 bridgehead atoms. The van der Waals surface area contributed by atoms with E-state index in [0.717, 1.165) is 0 Å². The molecule has 0 unspecified atom stereocenters. The summed E-state index contributed by atoms with van der Waals surface area (Å²) in [5.41, 5.74) is 5.87. The number of hydrogen-bond acceptors (Lipinski definition) is 6. The molecule has 0 radical (unpaired) electrons. The van der Waals surface area contributed by atoms with E-state index in [2.05, 4.69) is 132 Å². The molecule has 7 rings (SSSR count). The number of hydrogen-bond donors (Lipinski definition) is 0. The first kappa shape index (κ1) is 32.7. The summed E-state index contributed by atoms with van der Waals surface area (Å²) < 4.78 is 16.8. The van der Waals surface area contributed by atoms with E-state index >= 15 is 0 Å². The molecule has 0 N–H and O–H groups in total. The van der Waals surface area contributed by atoms with Crippen molar-refractivity contribution < 1.29 is 0 Å². The first-order valence-electron chi connectivity index (χ1n) is 16.1. The minimum atomic E-state index is 0.0610. The van der Waals surface area contributed by atoms with Gasteiger partial charge in [0.1, 0.15) is 0 Å². The molecule has 0 aliphatic heterocycles. The Balaban J connectivity index is 1.81. The third-order valence-electron chi connectivity index (χ3n) is 8.84. The van der Waals surface area contributed by atoms with E-state index in [-0.39, 0.29) is 21.7 Å². The molecular formula is C40H44S6. The van der Waals surface area contributed by atoms with Crippen molar-refractivity contribution in [3.05, 3.63) is 70.8 Å². The van der Waals surface area contributed by atoms with Crippen LogP contribution in [0, 0.1) is 0 Å². The highest BCUT2D eigenvalue weighted by molar-refractivity contribution is 7.44. The predicted octanol–water partition coefficient (Wildman–Crippen LogP) is 15.9. The number of benzene rings is 4. The summed E-state index contributed by atoms with van der Waals surface area (Å²) in [5.74, 6) is 0. The van der Waals surface area contributed by atoms with Crippen molar-refractivity contribution in [3.63, 3.8) is 0 Å². The molecule has 0 spiro atoms. The highest BCUT2D eigenvalue weighted by Gasteiger charge is 2.22. The topological polar surface area (TPSA) is 0 Å². The van der Waals surface area contributed by atoms with Gasteiger partial charge in [0, 0.05) is 37.6 Å². The minimum Gasteiger partial charge on any atom is -0.133 e. The molecule has 7 aromatic rings. The number of rotatable bonds is 0. The monoisotopic (exact) mass is 716 g/mol. The molecule has 6 heteroatoms. The van der Waals surface area contributed by atoms with Crippen molar-refractivity contribution in [3.8, 4) is 0 Å². The van der Waals surface area contributed by atoms with Gasteiger partial charge < -0.3 is 0 Å². The summed E-state index contributed by atoms with van der Waals surface area (Å²) >= 11 is 12.0. The van der Waals surface area contributed by atoms with Crippen LogP contribution in [0.25, 0.3) is 56.4 Å². The van der Waals surface area contributed by atoms with Crippen LogP contribution < -0.4 is 0 Å². The Morgan fingerprint density at radius 2 is 0.413 bits per heavy atom. The zero-order valence-corrected chi connectivity index (χ0v) is 34.0. The van der Waals surface area contributed by atoms with Crippen molar-refractivity contribution in [2.24, 2.45) is 0 Å². The highest BCUT2D eigenvalue weighted by atomic mass is 32.1. The zero-order chi connectivity index (χ0) is 33.1. The Bertz CT molecular complexity index is 2070. The molecule has 0 aliphatic rings. The van der Waals surface area contributed by atoms with Crippen molar-refractivity contribution in [2.75, 3.05) is 0 Å². The molecule has 0 amide bonds. The molecule has 0 atom stereocenters. The van der Waals surface area contributed by atoms with Crippen LogP contribution in [0.4, 0.5) is 0 Å². The van der Waals surface area contributed by atoms with Gasteiger partial charge in [0.15, 0.2) is 0 Å². The summed E-state index contributed by atoms with van der Waals surface area (Å²) in [5, 5.41) is 0. The van der Waals surface area contributed by atoms with Crippen molar-refractivity contribution >= 4 is 124 Å². The van der Waals surface area contributed by atoms with E-state index in [0.29, 0.717) is 0 Å². The van der Waals surface area contributed by atoms with Crippen molar-refractivity contribution in [1.82, 2.24) is 0 Å². The lowest BCUT2D eigenvalue weighted by Crippen LogP contribution is -2.11. The Morgan fingerprint density at radius 1 is 0.261 bits per heavy atom. The van der Waals surface area contributed by atoms with Crippen molar-refractivity contribution in [2.45, 2.75) is 105 Å². The molecule has 0 aliphatic carbocycles. The lowest BCUT2D eigenvalue weighted by molar-refractivity contribution is 0.591. The predicted molar refractivity (Wildman–Crippen MR) is 220 cm³/mol. The Labute approximate surface area is 297 Å². The van der Waals surface area contributed by atoms with Crippen LogP contribution in [0.5, 0.6) is 0 Å². The van der Waals surface area contributed by atoms with Crippen LogP contribution in [0.15, 0.2) is 48.5 Å². The first-order chi connectivity index (χ1) is 21.3. The smallest absolute Gasteiger partial charge is 0.0622 e. The minimum absolute atomic E-state index is 0.0610. The highest BCUT2D eigenvalue weighted by Crippen LogP contribution is 2.48. The summed E-state index contributed by atoms with van der Waals surface area (Å²) in [6, 6.07) is 19.9. The summed E-state index contributed by atoms with van der Waals surface area (Å²) in [7, 11) is 0. The first-order valence-corrected chi connectivity index (χ1v) is 21.0. The van der Waals surface area contributed by atoms with Crippen LogP contribution in [-0.4, -0.2) is 0 Å². The van der Waals surface area contributed by atoms with E-state index in [4.69, 9.17) is 0 Å². The largest absolute Gasteiger partial charge is 0.133 e. The van der Waals surface area contributed by atoms with Crippen LogP contribution in [0.3, 0.4) is 0 Å². The van der Waals surface area contributed by atoms with E-state index in [1.54, 1.807) is 0 Å². The summed E-state index contributed by atoms with van der Waals surface area (Å²) in [4.78, 5) is 0. The SMILES string of the molecule is CC(C)(C)c1cc2sc3cc(C(C)(C)C)cc4sc5cc(C(C)(C)C)cc6sc7cc(C(C)(C)C)cc(sc(c1)c2sc34)c7sc65. The third kappa shape index (κ3) is 5.90. The van der Waals surface area contributed by atoms with Gasteiger partial charge in [-0.05, 0) is 92.4 Å². The fraction of sp³-hybridized carbons (Fsp3) is 0.400. The molecule has 3 aromatic heterocycles. The van der Waals surface area contributed by atoms with Crippen LogP contribution >= 0.6 is 68.0 Å². The quantitative estimate of drug-likeness (QED) is 0.137. The molecule has 240 valence electrons. The lowest BCUT2D eigenvalue weighted by Gasteiger charge is -2.22. The lowest BCUT2D eigenvalue weighted by atomic mass is 9.87. The van der Waals surface area contributed by atoms with E-state index in [1.807, 2.05) is 68.0 Å². The molecular weight excluding hydrogens is 673 g/mol. The fourth-order valence-corrected chi connectivity index (χ4v) is 13.7. The average Bonchev–Trinajstić information content (AvgIpc) is 2.92. The normalized spacial score (nSPS) is 13.7. The molecule has 0 saturated heterocycles. The van der Waals surface area contributed by atoms with Gasteiger partial charge in [0.05, 0.1) is 18.8 Å². The molecule has 3 heterocycles. The standard InChI is InChI=1S/C40H44S6/c1-37(2,3)21-13-25-33-29(17-21)43-30-18-23(39(7,8)9)15-27-35(30)46-36-28(42-27)16-24(40(10,11)12)20-32(36)44-31-19-22(38(4,5)6)14-26(41-25)34(31)45-33/h13-20H,1-12H3. The van der Waals surface area contributed by atoms with E-state index < -0.39 is 0 Å². The maximum atomic E-state index is 2.50. The Kier molecular flexibility index (Phi) is 7.72. The molecule has 0 saturated carbocycles. The van der Waals surface area contributed by atoms with Gasteiger partial charge in [-0.1, -0.05) is 83.1 Å². The third-order valence-corrected chi connectivity index (χ3v) is 16.8. The van der Waals surface area contributed by atoms with E-state index in [9.17, 15) is 0 Å². The maximum Gasteiger partial charge on any atom is 0.0622 e.